The summed E-state index contributed by atoms with van der Waals surface area (Å²) < 4.78 is 5.05. The molecule has 1 aromatic rings. The molecule has 0 radical (unpaired) electrons. The molecule has 0 unspecified atom stereocenters. The number of nitrogens with zero attached hydrogens (tertiary/aromatic N) is 1. The Balaban J connectivity index is 1.87. The van der Waals surface area contributed by atoms with Gasteiger partial charge in [-0.2, -0.15) is 0 Å². The van der Waals surface area contributed by atoms with E-state index in [1.165, 1.54) is 18.2 Å². The Kier molecular flexibility index (Phi) is 5.88. The summed E-state index contributed by atoms with van der Waals surface area (Å²) in [7, 11) is 0. The second kappa shape index (κ2) is 7.66. The zero-order chi connectivity index (χ0) is 15.2. The van der Waals surface area contributed by atoms with Crippen LogP contribution in [0.15, 0.2) is 18.2 Å². The van der Waals surface area contributed by atoms with Gasteiger partial charge in [-0.3, -0.25) is 4.79 Å². The molecule has 1 aliphatic rings. The summed E-state index contributed by atoms with van der Waals surface area (Å²) in [6.45, 7) is 1.24. The van der Waals surface area contributed by atoms with Crippen LogP contribution in [0.5, 0.6) is 0 Å². The molecule has 114 valence electrons. The lowest BCUT2D eigenvalue weighted by molar-refractivity contribution is -0.134. The molecule has 0 spiro atoms. The molecule has 4 nitrogen and oxygen atoms in total. The normalized spacial score (nSPS) is 15.4. The largest absolute Gasteiger partial charge is 0.452 e. The van der Waals surface area contributed by atoms with E-state index < -0.39 is 5.97 Å². The van der Waals surface area contributed by atoms with Gasteiger partial charge in [-0.25, -0.2) is 4.79 Å². The topological polar surface area (TPSA) is 46.6 Å². The van der Waals surface area contributed by atoms with Crippen LogP contribution < -0.4 is 0 Å². The first-order chi connectivity index (χ1) is 10.1. The van der Waals surface area contributed by atoms with Gasteiger partial charge in [-0.05, 0) is 31.0 Å². The minimum Gasteiger partial charge on any atom is -0.452 e. The van der Waals surface area contributed by atoms with Gasteiger partial charge in [0.05, 0.1) is 15.6 Å². The molecular formula is C15H17Cl2NO3. The van der Waals surface area contributed by atoms with Crippen LogP contribution in [0.1, 0.15) is 36.0 Å². The van der Waals surface area contributed by atoms with E-state index >= 15 is 0 Å². The van der Waals surface area contributed by atoms with Crippen LogP contribution in [0, 0.1) is 0 Å². The maximum absolute atomic E-state index is 12.0. The van der Waals surface area contributed by atoms with Crippen LogP contribution in [-0.4, -0.2) is 36.5 Å². The summed E-state index contributed by atoms with van der Waals surface area (Å²) >= 11 is 11.6. The van der Waals surface area contributed by atoms with Crippen LogP contribution in [0.2, 0.25) is 10.0 Å². The summed E-state index contributed by atoms with van der Waals surface area (Å²) in [6, 6.07) is 4.48. The predicted octanol–water partition coefficient (Wildman–Crippen LogP) is 3.55. The molecule has 0 bridgehead atoms. The molecule has 0 aliphatic carbocycles. The van der Waals surface area contributed by atoms with E-state index in [2.05, 4.69) is 0 Å². The molecule has 1 heterocycles. The number of benzene rings is 1. The van der Waals surface area contributed by atoms with Gasteiger partial charge in [0, 0.05) is 13.1 Å². The second-order valence-electron chi connectivity index (χ2n) is 5.00. The van der Waals surface area contributed by atoms with E-state index in [4.69, 9.17) is 27.9 Å². The molecule has 0 atom stereocenters. The van der Waals surface area contributed by atoms with Gasteiger partial charge in [0.25, 0.3) is 5.91 Å². The number of halogens is 2. The Morgan fingerprint density at radius 2 is 1.71 bits per heavy atom. The maximum atomic E-state index is 12.0. The third-order valence-electron chi connectivity index (χ3n) is 3.44. The molecule has 1 fully saturated rings. The number of likely N-dealkylation sites (tertiary alicyclic amines) is 1. The summed E-state index contributed by atoms with van der Waals surface area (Å²) in [4.78, 5) is 25.6. The Hall–Kier alpha value is -1.26. The van der Waals surface area contributed by atoms with Crippen molar-refractivity contribution >= 4 is 35.1 Å². The molecule has 6 heteroatoms. The first kappa shape index (κ1) is 16.1. The molecule has 1 saturated heterocycles. The number of hydrogen-bond acceptors (Lipinski definition) is 3. The minimum atomic E-state index is -0.572. The van der Waals surface area contributed by atoms with E-state index in [1.807, 2.05) is 0 Å². The van der Waals surface area contributed by atoms with Crippen molar-refractivity contribution in [3.05, 3.63) is 33.8 Å². The second-order valence-corrected chi connectivity index (χ2v) is 5.81. The molecular weight excluding hydrogens is 313 g/mol. The summed E-state index contributed by atoms with van der Waals surface area (Å²) in [5.41, 5.74) is 0.285. The van der Waals surface area contributed by atoms with Crippen molar-refractivity contribution in [2.75, 3.05) is 19.7 Å². The van der Waals surface area contributed by atoms with Crippen LogP contribution in [0.25, 0.3) is 0 Å². The van der Waals surface area contributed by atoms with E-state index in [0.717, 1.165) is 38.8 Å². The molecule has 0 N–H and O–H groups in total. The monoisotopic (exact) mass is 329 g/mol. The molecule has 1 amide bonds. The summed E-state index contributed by atoms with van der Waals surface area (Å²) in [5.74, 6) is -0.720. The van der Waals surface area contributed by atoms with Crippen LogP contribution >= 0.6 is 23.2 Å². The zero-order valence-corrected chi connectivity index (χ0v) is 13.1. The summed E-state index contributed by atoms with van der Waals surface area (Å²) in [5, 5.41) is 0.652. The number of ether oxygens (including phenoxy) is 1. The van der Waals surface area contributed by atoms with Crippen molar-refractivity contribution in [3.63, 3.8) is 0 Å². The Morgan fingerprint density at radius 3 is 2.33 bits per heavy atom. The quantitative estimate of drug-likeness (QED) is 0.796. The Labute approximate surface area is 134 Å². The fourth-order valence-electron chi connectivity index (χ4n) is 2.25. The molecule has 0 aromatic heterocycles. The predicted molar refractivity (Wildman–Crippen MR) is 81.8 cm³/mol. The fourth-order valence-corrected chi connectivity index (χ4v) is 2.54. The van der Waals surface area contributed by atoms with E-state index in [1.54, 1.807) is 4.90 Å². The molecule has 1 aliphatic heterocycles. The maximum Gasteiger partial charge on any atom is 0.338 e. The highest BCUT2D eigenvalue weighted by molar-refractivity contribution is 6.42. The Bertz CT molecular complexity index is 526. The zero-order valence-electron chi connectivity index (χ0n) is 11.6. The standard InChI is InChI=1S/C15H17Cl2NO3/c16-12-6-5-11(9-13(12)17)15(20)21-10-14(19)18-7-3-1-2-4-8-18/h5-6,9H,1-4,7-8,10H2. The van der Waals surface area contributed by atoms with Gasteiger partial charge in [0.15, 0.2) is 6.61 Å². The van der Waals surface area contributed by atoms with E-state index in [-0.39, 0.29) is 23.1 Å². The number of esters is 1. The average molecular weight is 330 g/mol. The van der Waals surface area contributed by atoms with Crippen molar-refractivity contribution in [3.8, 4) is 0 Å². The van der Waals surface area contributed by atoms with Gasteiger partial charge >= 0.3 is 5.97 Å². The van der Waals surface area contributed by atoms with Gasteiger partial charge in [0.1, 0.15) is 0 Å². The van der Waals surface area contributed by atoms with Gasteiger partial charge in [-0.15, -0.1) is 0 Å². The molecule has 21 heavy (non-hydrogen) atoms. The molecule has 0 saturated carbocycles. The van der Waals surface area contributed by atoms with Crippen LogP contribution in [0.4, 0.5) is 0 Å². The average Bonchev–Trinajstić information content (AvgIpc) is 2.76. The van der Waals surface area contributed by atoms with E-state index in [0.29, 0.717) is 5.02 Å². The fraction of sp³-hybridized carbons (Fsp3) is 0.467. The van der Waals surface area contributed by atoms with Gasteiger partial charge in [-0.1, -0.05) is 36.0 Å². The molecule has 2 rings (SSSR count). The lowest BCUT2D eigenvalue weighted by atomic mass is 10.2. The lowest BCUT2D eigenvalue weighted by Gasteiger charge is -2.19. The lowest BCUT2D eigenvalue weighted by Crippen LogP contribution is -2.35. The van der Waals surface area contributed by atoms with Crippen molar-refractivity contribution in [1.29, 1.82) is 0 Å². The first-order valence-electron chi connectivity index (χ1n) is 6.98. The third-order valence-corrected chi connectivity index (χ3v) is 4.18. The third kappa shape index (κ3) is 4.61. The number of amides is 1. The van der Waals surface area contributed by atoms with E-state index in [9.17, 15) is 9.59 Å². The van der Waals surface area contributed by atoms with Crippen LogP contribution in [-0.2, 0) is 9.53 Å². The van der Waals surface area contributed by atoms with Crippen molar-refractivity contribution in [2.45, 2.75) is 25.7 Å². The highest BCUT2D eigenvalue weighted by Gasteiger charge is 2.18. The number of carbonyl (C=O) groups is 2. The van der Waals surface area contributed by atoms with Crippen molar-refractivity contribution in [2.24, 2.45) is 0 Å². The highest BCUT2D eigenvalue weighted by atomic mass is 35.5. The van der Waals surface area contributed by atoms with Crippen molar-refractivity contribution in [1.82, 2.24) is 4.90 Å². The molecule has 1 aromatic carbocycles. The first-order valence-corrected chi connectivity index (χ1v) is 7.73. The SMILES string of the molecule is O=C(OCC(=O)N1CCCCCC1)c1ccc(Cl)c(Cl)c1. The number of rotatable bonds is 3. The highest BCUT2D eigenvalue weighted by Crippen LogP contribution is 2.22. The minimum absolute atomic E-state index is 0.148. The Morgan fingerprint density at radius 1 is 1.05 bits per heavy atom. The number of carbonyl (C=O) groups excluding carboxylic acids is 2. The number of hydrogen-bond donors (Lipinski definition) is 0. The van der Waals surface area contributed by atoms with Gasteiger partial charge in [0.2, 0.25) is 0 Å². The smallest absolute Gasteiger partial charge is 0.338 e. The van der Waals surface area contributed by atoms with Crippen LogP contribution in [0.3, 0.4) is 0 Å². The summed E-state index contributed by atoms with van der Waals surface area (Å²) in [6.07, 6.45) is 4.30. The van der Waals surface area contributed by atoms with Gasteiger partial charge < -0.3 is 9.64 Å². The van der Waals surface area contributed by atoms with Crippen molar-refractivity contribution < 1.29 is 14.3 Å².